The Hall–Kier alpha value is -2.51. The van der Waals surface area contributed by atoms with Crippen molar-refractivity contribution >= 4 is 23.4 Å². The van der Waals surface area contributed by atoms with E-state index in [2.05, 4.69) is 9.72 Å². The molecule has 8 heteroatoms. The Morgan fingerprint density at radius 2 is 2.30 bits per heavy atom. The summed E-state index contributed by atoms with van der Waals surface area (Å²) in [6.07, 6.45) is 1.17. The molecule has 1 aromatic heterocycles. The Labute approximate surface area is 114 Å². The van der Waals surface area contributed by atoms with Crippen molar-refractivity contribution in [3.8, 4) is 0 Å². The lowest BCUT2D eigenvalue weighted by Gasteiger charge is -2.15. The van der Waals surface area contributed by atoms with E-state index in [0.717, 1.165) is 6.20 Å². The largest absolute Gasteiger partial charge is 0.469 e. The number of hydrogen-bond donors (Lipinski definition) is 0. The second kappa shape index (κ2) is 5.24. The average Bonchev–Trinajstić information content (AvgIpc) is 2.79. The molecule has 0 spiro atoms. The minimum atomic E-state index is -0.533. The predicted octanol–water partition coefficient (Wildman–Crippen LogP) is 0.824. The number of esters is 1. The van der Waals surface area contributed by atoms with Crippen LogP contribution < -0.4 is 4.90 Å². The molecule has 0 N–H and O–H groups in total. The van der Waals surface area contributed by atoms with E-state index >= 15 is 0 Å². The van der Waals surface area contributed by atoms with Gasteiger partial charge in [-0.2, -0.15) is 0 Å². The molecule has 1 unspecified atom stereocenters. The fourth-order valence-corrected chi connectivity index (χ4v) is 2.13. The summed E-state index contributed by atoms with van der Waals surface area (Å²) >= 11 is 0. The summed E-state index contributed by atoms with van der Waals surface area (Å²) in [5.74, 6) is -0.907. The number of methoxy groups -OCH3 is 1. The summed E-state index contributed by atoms with van der Waals surface area (Å²) in [6.45, 7) is 1.75. The molecule has 0 bridgehead atoms. The topological polar surface area (TPSA) is 103 Å². The third-order valence-corrected chi connectivity index (χ3v) is 3.20. The summed E-state index contributed by atoms with van der Waals surface area (Å²) in [7, 11) is 1.27. The van der Waals surface area contributed by atoms with Crippen molar-refractivity contribution < 1.29 is 19.2 Å². The number of nitro groups is 1. The third kappa shape index (κ3) is 2.44. The highest BCUT2D eigenvalue weighted by atomic mass is 16.6. The van der Waals surface area contributed by atoms with E-state index in [1.165, 1.54) is 18.1 Å². The number of carbonyl (C=O) groups excluding carboxylic acids is 2. The van der Waals surface area contributed by atoms with E-state index in [4.69, 9.17) is 0 Å². The van der Waals surface area contributed by atoms with Gasteiger partial charge in [0.05, 0.1) is 18.0 Å². The van der Waals surface area contributed by atoms with Crippen LogP contribution in [0.3, 0.4) is 0 Å². The van der Waals surface area contributed by atoms with E-state index < -0.39 is 16.8 Å². The molecule has 1 aliphatic heterocycles. The number of amides is 1. The van der Waals surface area contributed by atoms with Gasteiger partial charge in [0.1, 0.15) is 12.0 Å². The maximum atomic E-state index is 11.9. The van der Waals surface area contributed by atoms with Crippen molar-refractivity contribution in [2.24, 2.45) is 5.92 Å². The van der Waals surface area contributed by atoms with Gasteiger partial charge in [0.25, 0.3) is 5.69 Å². The molecule has 2 rings (SSSR count). The van der Waals surface area contributed by atoms with Gasteiger partial charge in [-0.05, 0) is 13.0 Å². The second-order valence-electron chi connectivity index (χ2n) is 4.51. The van der Waals surface area contributed by atoms with E-state index in [0.29, 0.717) is 11.4 Å². The minimum absolute atomic E-state index is 0.0599. The van der Waals surface area contributed by atoms with Gasteiger partial charge in [0, 0.05) is 18.5 Å². The quantitative estimate of drug-likeness (QED) is 0.461. The smallest absolute Gasteiger partial charge is 0.311 e. The number of nitrogens with zero attached hydrogens (tertiary/aromatic N) is 3. The molecule has 0 radical (unpaired) electrons. The first-order valence-corrected chi connectivity index (χ1v) is 5.93. The number of aryl methyl sites for hydroxylation is 1. The zero-order valence-corrected chi connectivity index (χ0v) is 11.0. The molecule has 0 saturated carbocycles. The first-order chi connectivity index (χ1) is 9.43. The number of pyridine rings is 1. The van der Waals surface area contributed by atoms with Crippen LogP contribution in [-0.4, -0.2) is 35.4 Å². The summed E-state index contributed by atoms with van der Waals surface area (Å²) in [5, 5.41) is 10.7. The Balaban J connectivity index is 2.24. The van der Waals surface area contributed by atoms with E-state index in [-0.39, 0.29) is 24.6 Å². The SMILES string of the molecule is COC(=O)C1CC(=O)N(c2cc(C)c([N+](=O)[O-])cn2)C1. The molecule has 1 saturated heterocycles. The van der Waals surface area contributed by atoms with Crippen LogP contribution in [0.25, 0.3) is 0 Å². The molecule has 1 aromatic rings. The van der Waals surface area contributed by atoms with Crippen molar-refractivity contribution in [1.29, 1.82) is 0 Å². The monoisotopic (exact) mass is 279 g/mol. The van der Waals surface area contributed by atoms with Crippen LogP contribution in [0.5, 0.6) is 0 Å². The van der Waals surface area contributed by atoms with Gasteiger partial charge in [0.15, 0.2) is 0 Å². The van der Waals surface area contributed by atoms with Crippen molar-refractivity contribution in [1.82, 2.24) is 4.98 Å². The fourth-order valence-electron chi connectivity index (χ4n) is 2.13. The molecule has 8 nitrogen and oxygen atoms in total. The van der Waals surface area contributed by atoms with Gasteiger partial charge in [-0.1, -0.05) is 0 Å². The molecule has 0 aromatic carbocycles. The second-order valence-corrected chi connectivity index (χ2v) is 4.51. The average molecular weight is 279 g/mol. The number of ether oxygens (including phenoxy) is 1. The number of aromatic nitrogens is 1. The van der Waals surface area contributed by atoms with Gasteiger partial charge in [-0.15, -0.1) is 0 Å². The van der Waals surface area contributed by atoms with E-state index in [1.807, 2.05) is 0 Å². The van der Waals surface area contributed by atoms with E-state index in [9.17, 15) is 19.7 Å². The maximum Gasteiger partial charge on any atom is 0.311 e. The lowest BCUT2D eigenvalue weighted by molar-refractivity contribution is -0.385. The Kier molecular flexibility index (Phi) is 3.64. The van der Waals surface area contributed by atoms with Gasteiger partial charge >= 0.3 is 5.97 Å². The maximum absolute atomic E-state index is 11.9. The van der Waals surface area contributed by atoms with Gasteiger partial charge in [-0.3, -0.25) is 24.6 Å². The zero-order valence-electron chi connectivity index (χ0n) is 11.0. The van der Waals surface area contributed by atoms with Crippen LogP contribution >= 0.6 is 0 Å². The van der Waals surface area contributed by atoms with Crippen LogP contribution in [0, 0.1) is 23.0 Å². The van der Waals surface area contributed by atoms with Gasteiger partial charge in [-0.25, -0.2) is 4.98 Å². The number of hydrogen-bond acceptors (Lipinski definition) is 6. The lowest BCUT2D eigenvalue weighted by atomic mass is 10.1. The third-order valence-electron chi connectivity index (χ3n) is 3.20. The van der Waals surface area contributed by atoms with Crippen LogP contribution in [0.4, 0.5) is 11.5 Å². The fraction of sp³-hybridized carbons (Fsp3) is 0.417. The minimum Gasteiger partial charge on any atom is -0.469 e. The Morgan fingerprint density at radius 1 is 1.60 bits per heavy atom. The number of carbonyl (C=O) groups is 2. The summed E-state index contributed by atoms with van der Waals surface area (Å²) in [6, 6.07) is 1.47. The lowest BCUT2D eigenvalue weighted by Crippen LogP contribution is -2.27. The highest BCUT2D eigenvalue weighted by Gasteiger charge is 2.36. The first-order valence-electron chi connectivity index (χ1n) is 5.93. The van der Waals surface area contributed by atoms with Crippen molar-refractivity contribution in [2.45, 2.75) is 13.3 Å². The van der Waals surface area contributed by atoms with Crippen molar-refractivity contribution in [2.75, 3.05) is 18.6 Å². The van der Waals surface area contributed by atoms with Crippen LogP contribution in [0.15, 0.2) is 12.3 Å². The highest BCUT2D eigenvalue weighted by Crippen LogP contribution is 2.27. The van der Waals surface area contributed by atoms with Crippen molar-refractivity contribution in [3.63, 3.8) is 0 Å². The number of anilines is 1. The normalized spacial score (nSPS) is 18.2. The standard InChI is InChI=1S/C12H13N3O5/c1-7-3-10(13-5-9(7)15(18)19)14-6-8(4-11(14)16)12(17)20-2/h3,5,8H,4,6H2,1-2H3. The Morgan fingerprint density at radius 3 is 2.85 bits per heavy atom. The highest BCUT2D eigenvalue weighted by molar-refractivity contribution is 5.98. The molecule has 2 heterocycles. The van der Waals surface area contributed by atoms with Gasteiger partial charge in [0.2, 0.25) is 5.91 Å². The van der Waals surface area contributed by atoms with E-state index in [1.54, 1.807) is 6.92 Å². The molecule has 20 heavy (non-hydrogen) atoms. The van der Waals surface area contributed by atoms with Crippen LogP contribution in [0.2, 0.25) is 0 Å². The molecule has 0 aliphatic carbocycles. The predicted molar refractivity (Wildman–Crippen MR) is 68.1 cm³/mol. The molecule has 1 aliphatic rings. The molecular formula is C12H13N3O5. The summed E-state index contributed by atoms with van der Waals surface area (Å²) in [5.41, 5.74) is 0.305. The molecule has 1 fully saturated rings. The molecule has 1 atom stereocenters. The molecule has 1 amide bonds. The van der Waals surface area contributed by atoms with Crippen LogP contribution in [0.1, 0.15) is 12.0 Å². The van der Waals surface area contributed by atoms with Crippen molar-refractivity contribution in [3.05, 3.63) is 27.9 Å². The number of rotatable bonds is 3. The molecule has 106 valence electrons. The summed E-state index contributed by atoms with van der Waals surface area (Å²) in [4.78, 5) is 38.8. The van der Waals surface area contributed by atoms with Gasteiger partial charge < -0.3 is 4.74 Å². The Bertz CT molecular complexity index is 586. The zero-order chi connectivity index (χ0) is 14.9. The molecular weight excluding hydrogens is 266 g/mol. The van der Waals surface area contributed by atoms with Crippen LogP contribution in [-0.2, 0) is 14.3 Å². The summed E-state index contributed by atoms with van der Waals surface area (Å²) < 4.78 is 4.61. The first kappa shape index (κ1) is 13.9.